The molecular weight excluding hydrogens is 480 g/mol. The number of anilines is 1. The monoisotopic (exact) mass is 510 g/mol. The molecule has 2 aliphatic heterocycles. The summed E-state index contributed by atoms with van der Waals surface area (Å²) >= 11 is 0. The molecule has 0 bridgehead atoms. The summed E-state index contributed by atoms with van der Waals surface area (Å²) in [6, 6.07) is 2.80. The summed E-state index contributed by atoms with van der Waals surface area (Å²) in [4.78, 5) is 58.9. The Balaban J connectivity index is 1.32. The first-order chi connectivity index (χ1) is 17.7. The molecule has 1 saturated heterocycles. The molecule has 0 unspecified atom stereocenters. The van der Waals surface area contributed by atoms with E-state index in [1.165, 1.54) is 23.0 Å². The van der Waals surface area contributed by atoms with Gasteiger partial charge in [0.2, 0.25) is 17.4 Å². The molecule has 4 amide bonds. The average Bonchev–Trinajstić information content (AvgIpc) is 3.81. The Bertz CT molecular complexity index is 1160. The molecule has 0 radical (unpaired) electrons. The van der Waals surface area contributed by atoms with E-state index < -0.39 is 47.5 Å². The first kappa shape index (κ1) is 24.8. The van der Waals surface area contributed by atoms with E-state index in [4.69, 9.17) is 9.47 Å². The molecule has 12 heteroatoms. The maximum Gasteiger partial charge on any atom is 0.408 e. The van der Waals surface area contributed by atoms with Crippen molar-refractivity contribution in [1.82, 2.24) is 20.1 Å². The minimum Gasteiger partial charge on any atom is -0.472 e. The number of aromatic nitrogens is 1. The fraction of sp³-hybridized carbons (Fsp3) is 0.600. The lowest BCUT2D eigenvalue weighted by molar-refractivity contribution is -0.146. The van der Waals surface area contributed by atoms with Gasteiger partial charge in [0, 0.05) is 19.7 Å². The Morgan fingerprint density at radius 2 is 2.14 bits per heavy atom. The van der Waals surface area contributed by atoms with Gasteiger partial charge in [0.25, 0.3) is 5.91 Å². The van der Waals surface area contributed by atoms with E-state index in [1.807, 2.05) is 0 Å². The Kier molecular flexibility index (Phi) is 6.39. The molecule has 1 aromatic heterocycles. The highest BCUT2D eigenvalue weighted by atomic mass is 16.6. The van der Waals surface area contributed by atoms with Gasteiger partial charge in [-0.1, -0.05) is 12.8 Å². The third kappa shape index (κ3) is 5.03. The van der Waals surface area contributed by atoms with Crippen molar-refractivity contribution in [2.45, 2.75) is 75.3 Å². The van der Waals surface area contributed by atoms with Crippen molar-refractivity contribution in [3.8, 4) is 11.8 Å². The second-order valence-corrected chi connectivity index (χ2v) is 10.3. The molecule has 196 valence electrons. The maximum absolute atomic E-state index is 13.9. The molecule has 2 N–H and O–H groups in total. The molecule has 0 aromatic carbocycles. The van der Waals surface area contributed by atoms with Gasteiger partial charge in [-0.3, -0.25) is 14.4 Å². The molecule has 2 aliphatic carbocycles. The van der Waals surface area contributed by atoms with E-state index in [-0.39, 0.29) is 30.8 Å². The Morgan fingerprint density at radius 1 is 1.38 bits per heavy atom. The van der Waals surface area contributed by atoms with Crippen LogP contribution in [0.5, 0.6) is 5.75 Å². The van der Waals surface area contributed by atoms with Crippen molar-refractivity contribution in [3.05, 3.63) is 18.3 Å². The van der Waals surface area contributed by atoms with Crippen LogP contribution in [0.15, 0.2) is 18.3 Å². The lowest BCUT2D eigenvalue weighted by atomic mass is 9.97. The van der Waals surface area contributed by atoms with Gasteiger partial charge >= 0.3 is 6.09 Å². The largest absolute Gasteiger partial charge is 0.472 e. The number of fused-ring (bicyclic) bond motifs is 1. The van der Waals surface area contributed by atoms with Crippen LogP contribution in [0.2, 0.25) is 0 Å². The molecule has 1 aromatic rings. The number of likely N-dealkylation sites (N-methyl/N-ethyl adjacent to an activating group) is 1. The van der Waals surface area contributed by atoms with Crippen molar-refractivity contribution in [2.24, 2.45) is 5.92 Å². The van der Waals surface area contributed by atoms with E-state index in [0.29, 0.717) is 12.2 Å². The molecule has 2 saturated carbocycles. The molecule has 12 nitrogen and oxygen atoms in total. The van der Waals surface area contributed by atoms with Crippen LogP contribution in [0.4, 0.5) is 10.6 Å². The number of ether oxygens (including phenoxy) is 2. The highest BCUT2D eigenvalue weighted by Crippen LogP contribution is 2.40. The van der Waals surface area contributed by atoms with E-state index in [2.05, 4.69) is 21.7 Å². The number of hydrogen-bond donors (Lipinski definition) is 2. The summed E-state index contributed by atoms with van der Waals surface area (Å²) in [5, 5.41) is 15.1. The SMILES string of the molecule is C[C@H](NC(=O)OC1CC1)C(=O)N(C)[C@@H](CC1CC1)C(=O)N1C[C@@]2(C[C@H]1C#N)Oc1cccnc1NC2=O. The lowest BCUT2D eigenvalue weighted by Crippen LogP contribution is -2.57. The van der Waals surface area contributed by atoms with Crippen LogP contribution < -0.4 is 15.4 Å². The zero-order chi connectivity index (χ0) is 26.3. The third-order valence-corrected chi connectivity index (χ3v) is 7.34. The van der Waals surface area contributed by atoms with Crippen LogP contribution in [0.3, 0.4) is 0 Å². The second-order valence-electron chi connectivity index (χ2n) is 10.3. The van der Waals surface area contributed by atoms with Gasteiger partial charge in [-0.05, 0) is 44.2 Å². The predicted octanol–water partition coefficient (Wildman–Crippen LogP) is 1.18. The number of likely N-dealkylation sites (tertiary alicyclic amines) is 1. The predicted molar refractivity (Wildman–Crippen MR) is 128 cm³/mol. The fourth-order valence-corrected chi connectivity index (χ4v) is 4.86. The summed E-state index contributed by atoms with van der Waals surface area (Å²) < 4.78 is 11.2. The zero-order valence-electron chi connectivity index (χ0n) is 20.8. The number of alkyl carbamates (subject to hydrolysis) is 1. The minimum atomic E-state index is -1.43. The van der Waals surface area contributed by atoms with Gasteiger partial charge in [0.15, 0.2) is 11.6 Å². The summed E-state index contributed by atoms with van der Waals surface area (Å²) in [6.07, 6.45) is 4.72. The highest BCUT2D eigenvalue weighted by molar-refractivity contribution is 6.01. The topological polar surface area (TPSA) is 154 Å². The third-order valence-electron chi connectivity index (χ3n) is 7.34. The molecule has 37 heavy (non-hydrogen) atoms. The molecule has 5 rings (SSSR count). The van der Waals surface area contributed by atoms with Crippen molar-refractivity contribution in [1.29, 1.82) is 5.26 Å². The minimum absolute atomic E-state index is 0.00577. The number of carbonyl (C=O) groups is 4. The molecule has 4 aliphatic rings. The van der Waals surface area contributed by atoms with E-state index in [1.54, 1.807) is 19.1 Å². The summed E-state index contributed by atoms with van der Waals surface area (Å²) in [5.74, 6) is -0.392. The van der Waals surface area contributed by atoms with Crippen LogP contribution in [0.25, 0.3) is 0 Å². The van der Waals surface area contributed by atoms with Gasteiger partial charge < -0.3 is 29.9 Å². The van der Waals surface area contributed by atoms with Crippen LogP contribution in [0, 0.1) is 17.2 Å². The lowest BCUT2D eigenvalue weighted by Gasteiger charge is -2.35. The van der Waals surface area contributed by atoms with Crippen LogP contribution >= 0.6 is 0 Å². The number of nitrogens with one attached hydrogen (secondary N) is 2. The van der Waals surface area contributed by atoms with Gasteiger partial charge in [-0.25, -0.2) is 9.78 Å². The van der Waals surface area contributed by atoms with Crippen LogP contribution in [0.1, 0.15) is 45.4 Å². The van der Waals surface area contributed by atoms with Crippen molar-refractivity contribution in [3.63, 3.8) is 0 Å². The maximum atomic E-state index is 13.9. The Labute approximate surface area is 214 Å². The molecule has 4 atom stereocenters. The first-order valence-corrected chi connectivity index (χ1v) is 12.6. The van der Waals surface area contributed by atoms with E-state index >= 15 is 0 Å². The number of carbonyl (C=O) groups excluding carboxylic acids is 4. The normalized spacial score (nSPS) is 25.7. The number of nitriles is 1. The van der Waals surface area contributed by atoms with Gasteiger partial charge in [-0.15, -0.1) is 0 Å². The van der Waals surface area contributed by atoms with Crippen molar-refractivity contribution < 1.29 is 28.7 Å². The molecule has 1 spiro atoms. The first-order valence-electron chi connectivity index (χ1n) is 12.6. The summed E-state index contributed by atoms with van der Waals surface area (Å²) in [5.41, 5.74) is -1.43. The Morgan fingerprint density at radius 3 is 2.81 bits per heavy atom. The van der Waals surface area contributed by atoms with Crippen LogP contribution in [-0.2, 0) is 19.1 Å². The zero-order valence-corrected chi connectivity index (χ0v) is 20.8. The van der Waals surface area contributed by atoms with Crippen LogP contribution in [-0.4, -0.2) is 82.0 Å². The number of nitrogens with zero attached hydrogens (tertiary/aromatic N) is 4. The number of hydrogen-bond acceptors (Lipinski definition) is 8. The number of amides is 4. The molecule has 3 fully saturated rings. The molecule has 3 heterocycles. The van der Waals surface area contributed by atoms with Gasteiger partial charge in [0.1, 0.15) is 24.2 Å². The average molecular weight is 511 g/mol. The second kappa shape index (κ2) is 9.53. The van der Waals surface area contributed by atoms with Gasteiger partial charge in [0.05, 0.1) is 12.6 Å². The quantitative estimate of drug-likeness (QED) is 0.554. The summed E-state index contributed by atoms with van der Waals surface area (Å²) in [6.45, 7) is 1.41. The van der Waals surface area contributed by atoms with E-state index in [9.17, 15) is 24.4 Å². The van der Waals surface area contributed by atoms with Crippen molar-refractivity contribution >= 4 is 29.6 Å². The Hall–Kier alpha value is -3.88. The standard InChI is InChI=1S/C25H30N6O6/c1-14(28-24(35)36-17-7-8-17)21(32)30(2)18(10-15-5-6-15)22(33)31-13-25(11-16(31)12-26)23(34)29-20-19(37-25)4-3-9-27-20/h3-4,9,14-18H,5-8,10-11,13H2,1-2H3,(H,28,35)(H,27,29,34)/t14-,16-,18-,25+/m0/s1. The van der Waals surface area contributed by atoms with E-state index in [0.717, 1.165) is 25.7 Å². The highest BCUT2D eigenvalue weighted by Gasteiger charge is 2.56. The van der Waals surface area contributed by atoms with Gasteiger partial charge in [-0.2, -0.15) is 5.26 Å². The smallest absolute Gasteiger partial charge is 0.408 e. The number of rotatable bonds is 7. The summed E-state index contributed by atoms with van der Waals surface area (Å²) in [7, 11) is 1.52. The van der Waals surface area contributed by atoms with Crippen molar-refractivity contribution in [2.75, 3.05) is 18.9 Å². The fourth-order valence-electron chi connectivity index (χ4n) is 4.86. The molecular formula is C25H30N6O6. The number of pyridine rings is 1.